The largest absolute Gasteiger partial charge is 0.325 e. The number of nitrogens with zero attached hydrogens (tertiary/aromatic N) is 2. The Balaban J connectivity index is 2.25. The number of hydrogen-bond donors (Lipinski definition) is 1. The van der Waals surface area contributed by atoms with Gasteiger partial charge in [-0.15, -0.1) is 0 Å². The van der Waals surface area contributed by atoms with Crippen molar-refractivity contribution in [2.24, 2.45) is 0 Å². The molecule has 0 aliphatic rings. The van der Waals surface area contributed by atoms with Crippen molar-refractivity contribution >= 4 is 0 Å². The van der Waals surface area contributed by atoms with E-state index in [1.54, 1.807) is 0 Å². The van der Waals surface area contributed by atoms with E-state index in [4.69, 9.17) is 0 Å². The minimum absolute atomic E-state index is 0.0468. The molecule has 3 nitrogen and oxygen atoms in total. The van der Waals surface area contributed by atoms with Crippen LogP contribution in [0.1, 0.15) is 33.3 Å². The fourth-order valence-corrected chi connectivity index (χ4v) is 2.31. The van der Waals surface area contributed by atoms with E-state index in [0.29, 0.717) is 6.04 Å². The first kappa shape index (κ1) is 14.8. The topological polar surface area (TPSA) is 29.9 Å². The molecule has 1 atom stereocenters. The van der Waals surface area contributed by atoms with E-state index in [-0.39, 0.29) is 5.54 Å². The van der Waals surface area contributed by atoms with Gasteiger partial charge in [0.05, 0.1) is 18.2 Å². The lowest BCUT2D eigenvalue weighted by Crippen LogP contribution is -2.23. The summed E-state index contributed by atoms with van der Waals surface area (Å²) in [5.41, 5.74) is 3.80. The van der Waals surface area contributed by atoms with Crippen LogP contribution >= 0.6 is 0 Å². The molecule has 0 bridgehead atoms. The van der Waals surface area contributed by atoms with Gasteiger partial charge in [0.2, 0.25) is 0 Å². The predicted molar refractivity (Wildman–Crippen MR) is 84.9 cm³/mol. The molecule has 0 saturated heterocycles. The van der Waals surface area contributed by atoms with Crippen LogP contribution in [0.4, 0.5) is 0 Å². The van der Waals surface area contributed by atoms with E-state index >= 15 is 0 Å². The van der Waals surface area contributed by atoms with Crippen LogP contribution in [0.5, 0.6) is 0 Å². The molecule has 2 rings (SSSR count). The molecular weight excluding hydrogens is 246 g/mol. The van der Waals surface area contributed by atoms with Gasteiger partial charge in [-0.1, -0.05) is 24.3 Å². The Morgan fingerprint density at radius 1 is 1.20 bits per heavy atom. The molecule has 0 spiro atoms. The van der Waals surface area contributed by atoms with Crippen LogP contribution in [0, 0.1) is 0 Å². The second kappa shape index (κ2) is 5.80. The molecule has 0 fully saturated rings. The summed E-state index contributed by atoms with van der Waals surface area (Å²) in [6, 6.07) is 9.31. The fourth-order valence-electron chi connectivity index (χ4n) is 2.31. The highest BCUT2D eigenvalue weighted by Crippen LogP contribution is 2.25. The summed E-state index contributed by atoms with van der Waals surface area (Å²) in [4.78, 5) is 4.30. The van der Waals surface area contributed by atoms with E-state index in [0.717, 1.165) is 6.42 Å². The summed E-state index contributed by atoms with van der Waals surface area (Å²) in [5.74, 6) is 0. The Morgan fingerprint density at radius 2 is 1.85 bits per heavy atom. The summed E-state index contributed by atoms with van der Waals surface area (Å²) in [6.45, 7) is 8.78. The van der Waals surface area contributed by atoms with E-state index in [1.165, 1.54) is 16.8 Å². The first-order chi connectivity index (χ1) is 9.41. The van der Waals surface area contributed by atoms with Crippen molar-refractivity contribution < 1.29 is 0 Å². The highest BCUT2D eigenvalue weighted by Gasteiger charge is 2.17. The Kier molecular flexibility index (Phi) is 4.29. The van der Waals surface area contributed by atoms with Crippen molar-refractivity contribution in [2.45, 2.75) is 45.7 Å². The van der Waals surface area contributed by atoms with Gasteiger partial charge in [0, 0.05) is 11.6 Å². The van der Waals surface area contributed by atoms with Gasteiger partial charge in [-0.3, -0.25) is 0 Å². The molecule has 0 aliphatic carbocycles. The number of rotatable bonds is 4. The van der Waals surface area contributed by atoms with Crippen LogP contribution in [-0.4, -0.2) is 22.6 Å². The summed E-state index contributed by atoms with van der Waals surface area (Å²) < 4.78 is 2.22. The maximum Gasteiger partial charge on any atom is 0.0955 e. The zero-order chi connectivity index (χ0) is 14.8. The first-order valence-corrected chi connectivity index (χ1v) is 7.21. The fraction of sp³-hybridized carbons (Fsp3) is 0.471. The molecule has 1 aromatic heterocycles. The van der Waals surface area contributed by atoms with Crippen LogP contribution in [0.2, 0.25) is 0 Å². The second-order valence-corrected chi connectivity index (χ2v) is 6.41. The van der Waals surface area contributed by atoms with Gasteiger partial charge < -0.3 is 9.88 Å². The Hall–Kier alpha value is -1.61. The Labute approximate surface area is 122 Å². The van der Waals surface area contributed by atoms with Gasteiger partial charge in [-0.25, -0.2) is 4.98 Å². The van der Waals surface area contributed by atoms with Crippen molar-refractivity contribution in [3.8, 4) is 11.3 Å². The number of nitrogens with one attached hydrogen (secondary N) is 1. The van der Waals surface area contributed by atoms with Gasteiger partial charge in [0.1, 0.15) is 0 Å². The summed E-state index contributed by atoms with van der Waals surface area (Å²) in [5, 5.41) is 3.27. The quantitative estimate of drug-likeness (QED) is 0.923. The molecule has 1 unspecified atom stereocenters. The molecule has 0 aliphatic heterocycles. The molecule has 1 aromatic carbocycles. The highest BCUT2D eigenvalue weighted by atomic mass is 15.1. The molecule has 0 amide bonds. The van der Waals surface area contributed by atoms with Gasteiger partial charge in [-0.2, -0.15) is 0 Å². The average Bonchev–Trinajstić information content (AvgIpc) is 2.88. The molecule has 0 saturated carbocycles. The van der Waals surface area contributed by atoms with Crippen LogP contribution in [0.3, 0.4) is 0 Å². The van der Waals surface area contributed by atoms with Gasteiger partial charge >= 0.3 is 0 Å². The lowest BCUT2D eigenvalue weighted by molar-refractivity contribution is 0.400. The monoisotopic (exact) mass is 271 g/mol. The minimum atomic E-state index is 0.0468. The maximum atomic E-state index is 4.30. The molecule has 1 heterocycles. The third kappa shape index (κ3) is 3.28. The molecule has 1 N–H and O–H groups in total. The Morgan fingerprint density at radius 3 is 2.40 bits per heavy atom. The standard InChI is InChI=1S/C17H25N3/c1-13(18-5)10-14-6-8-15(9-7-14)16-11-19-12-20(16)17(2,3)4/h6-9,11-13,18H,10H2,1-5H3. The number of likely N-dealkylation sites (N-methyl/N-ethyl adjacent to an activating group) is 1. The van der Waals surface area contributed by atoms with Crippen molar-refractivity contribution in [3.05, 3.63) is 42.4 Å². The second-order valence-electron chi connectivity index (χ2n) is 6.41. The zero-order valence-electron chi connectivity index (χ0n) is 13.1. The number of benzene rings is 1. The highest BCUT2D eigenvalue weighted by molar-refractivity contribution is 5.59. The van der Waals surface area contributed by atoms with Crippen molar-refractivity contribution in [1.29, 1.82) is 0 Å². The molecule has 20 heavy (non-hydrogen) atoms. The Bertz CT molecular complexity index is 546. The zero-order valence-corrected chi connectivity index (χ0v) is 13.1. The first-order valence-electron chi connectivity index (χ1n) is 7.21. The van der Waals surface area contributed by atoms with E-state index in [1.807, 2.05) is 19.6 Å². The number of hydrogen-bond acceptors (Lipinski definition) is 2. The molecule has 108 valence electrons. The molecular formula is C17H25N3. The average molecular weight is 271 g/mol. The number of imidazole rings is 1. The lowest BCUT2D eigenvalue weighted by atomic mass is 10.0. The normalized spacial score (nSPS) is 13.4. The summed E-state index contributed by atoms with van der Waals surface area (Å²) in [7, 11) is 2.00. The predicted octanol–water partition coefficient (Wildman–Crippen LogP) is 3.46. The number of aromatic nitrogens is 2. The van der Waals surface area contributed by atoms with E-state index in [9.17, 15) is 0 Å². The summed E-state index contributed by atoms with van der Waals surface area (Å²) >= 11 is 0. The molecule has 2 aromatic rings. The van der Waals surface area contributed by atoms with Crippen LogP contribution in [0.15, 0.2) is 36.8 Å². The minimum Gasteiger partial charge on any atom is -0.325 e. The maximum absolute atomic E-state index is 4.30. The van der Waals surface area contributed by atoms with Crippen LogP contribution in [0.25, 0.3) is 11.3 Å². The van der Waals surface area contributed by atoms with Crippen molar-refractivity contribution in [1.82, 2.24) is 14.9 Å². The van der Waals surface area contributed by atoms with Crippen LogP contribution < -0.4 is 5.32 Å². The SMILES string of the molecule is CNC(C)Cc1ccc(-c2cncn2C(C)(C)C)cc1. The third-order valence-corrected chi connectivity index (χ3v) is 3.65. The van der Waals surface area contributed by atoms with Crippen LogP contribution in [-0.2, 0) is 12.0 Å². The van der Waals surface area contributed by atoms with E-state index in [2.05, 4.69) is 66.8 Å². The smallest absolute Gasteiger partial charge is 0.0955 e. The van der Waals surface area contributed by atoms with Gasteiger partial charge in [0.15, 0.2) is 0 Å². The van der Waals surface area contributed by atoms with E-state index < -0.39 is 0 Å². The molecule has 3 heteroatoms. The van der Waals surface area contributed by atoms with Crippen molar-refractivity contribution in [3.63, 3.8) is 0 Å². The van der Waals surface area contributed by atoms with Gasteiger partial charge in [0.25, 0.3) is 0 Å². The molecule has 0 radical (unpaired) electrons. The van der Waals surface area contributed by atoms with Gasteiger partial charge in [-0.05, 0) is 52.3 Å². The van der Waals surface area contributed by atoms with Crippen molar-refractivity contribution in [2.75, 3.05) is 7.05 Å². The third-order valence-electron chi connectivity index (χ3n) is 3.65. The lowest BCUT2D eigenvalue weighted by Gasteiger charge is -2.23. The summed E-state index contributed by atoms with van der Waals surface area (Å²) in [6.07, 6.45) is 4.90.